The molecule has 0 amide bonds. The molecule has 0 bridgehead atoms. The zero-order valence-electron chi connectivity index (χ0n) is 13.4. The molecular formula is C18H15ClN4O2. The van der Waals surface area contributed by atoms with Crippen LogP contribution in [0, 0.1) is 0 Å². The van der Waals surface area contributed by atoms with Crippen LogP contribution in [0.1, 0.15) is 17.4 Å². The van der Waals surface area contributed by atoms with E-state index >= 15 is 0 Å². The number of benzene rings is 1. The van der Waals surface area contributed by atoms with Crippen molar-refractivity contribution in [3.05, 3.63) is 65.6 Å². The maximum Gasteiger partial charge on any atom is 0.356 e. The van der Waals surface area contributed by atoms with E-state index in [0.29, 0.717) is 23.3 Å². The zero-order chi connectivity index (χ0) is 17.6. The van der Waals surface area contributed by atoms with Crippen molar-refractivity contribution in [3.8, 4) is 11.3 Å². The molecule has 0 fully saturated rings. The predicted molar refractivity (Wildman–Crippen MR) is 96.0 cm³/mol. The Kier molecular flexibility index (Phi) is 5.20. The van der Waals surface area contributed by atoms with Crippen LogP contribution in [-0.2, 0) is 4.74 Å². The third-order valence-corrected chi connectivity index (χ3v) is 3.51. The van der Waals surface area contributed by atoms with Crippen molar-refractivity contribution in [2.24, 2.45) is 0 Å². The summed E-state index contributed by atoms with van der Waals surface area (Å²) < 4.78 is 4.97. The highest BCUT2D eigenvalue weighted by atomic mass is 35.5. The number of pyridine rings is 1. The van der Waals surface area contributed by atoms with Gasteiger partial charge in [-0.2, -0.15) is 0 Å². The summed E-state index contributed by atoms with van der Waals surface area (Å²) in [7, 11) is 0. The minimum Gasteiger partial charge on any atom is -0.461 e. The average Bonchev–Trinajstić information content (AvgIpc) is 2.62. The summed E-state index contributed by atoms with van der Waals surface area (Å²) in [6, 6.07) is 12.4. The molecule has 7 heteroatoms. The number of hydrogen-bond donors (Lipinski definition) is 1. The maximum absolute atomic E-state index is 11.8. The Bertz CT molecular complexity index is 902. The summed E-state index contributed by atoms with van der Waals surface area (Å²) in [5, 5.41) is 3.72. The first kappa shape index (κ1) is 16.9. The van der Waals surface area contributed by atoms with Crippen molar-refractivity contribution in [3.63, 3.8) is 0 Å². The molecule has 0 atom stereocenters. The number of halogens is 1. The van der Waals surface area contributed by atoms with Crippen LogP contribution in [0.15, 0.2) is 54.9 Å². The van der Waals surface area contributed by atoms with Gasteiger partial charge >= 0.3 is 5.97 Å². The molecule has 0 saturated heterocycles. The SMILES string of the molecule is CCOC(=O)c1cc(-c2ccnc(Nc3cccc(Cl)c3)n2)ccn1. The number of nitrogens with zero attached hydrogens (tertiary/aromatic N) is 3. The Labute approximate surface area is 149 Å². The highest BCUT2D eigenvalue weighted by Gasteiger charge is 2.10. The number of hydrogen-bond acceptors (Lipinski definition) is 6. The van der Waals surface area contributed by atoms with Crippen LogP contribution in [0.5, 0.6) is 0 Å². The van der Waals surface area contributed by atoms with Gasteiger partial charge in [-0.25, -0.2) is 19.7 Å². The second-order valence-electron chi connectivity index (χ2n) is 5.05. The fourth-order valence-electron chi connectivity index (χ4n) is 2.18. The molecule has 3 aromatic rings. The molecule has 6 nitrogen and oxygen atoms in total. The van der Waals surface area contributed by atoms with Gasteiger partial charge in [0.1, 0.15) is 5.69 Å². The van der Waals surface area contributed by atoms with E-state index in [-0.39, 0.29) is 5.69 Å². The van der Waals surface area contributed by atoms with Gasteiger partial charge in [-0.1, -0.05) is 17.7 Å². The summed E-state index contributed by atoms with van der Waals surface area (Å²) in [6.45, 7) is 2.05. The number of rotatable bonds is 5. The van der Waals surface area contributed by atoms with Crippen LogP contribution in [0.25, 0.3) is 11.3 Å². The minimum atomic E-state index is -0.462. The van der Waals surface area contributed by atoms with Crippen molar-refractivity contribution in [1.82, 2.24) is 15.0 Å². The van der Waals surface area contributed by atoms with Gasteiger partial charge in [0.2, 0.25) is 5.95 Å². The number of carbonyl (C=O) groups excluding carboxylic acids is 1. The first-order valence-corrected chi connectivity index (χ1v) is 8.02. The molecule has 2 aromatic heterocycles. The fraction of sp³-hybridized carbons (Fsp3) is 0.111. The van der Waals surface area contributed by atoms with Gasteiger partial charge in [-0.15, -0.1) is 0 Å². The predicted octanol–water partition coefficient (Wildman–Crippen LogP) is 4.11. The van der Waals surface area contributed by atoms with Gasteiger partial charge in [0.25, 0.3) is 0 Å². The molecule has 0 spiro atoms. The Morgan fingerprint density at radius 3 is 2.80 bits per heavy atom. The molecule has 2 heterocycles. The molecule has 126 valence electrons. The third-order valence-electron chi connectivity index (χ3n) is 3.28. The normalized spacial score (nSPS) is 10.3. The Morgan fingerprint density at radius 1 is 1.16 bits per heavy atom. The number of esters is 1. The van der Waals surface area contributed by atoms with E-state index in [1.54, 1.807) is 49.6 Å². The Balaban J connectivity index is 1.86. The van der Waals surface area contributed by atoms with Gasteiger partial charge in [0, 0.05) is 28.7 Å². The lowest BCUT2D eigenvalue weighted by atomic mass is 10.1. The summed E-state index contributed by atoms with van der Waals surface area (Å²) in [6.07, 6.45) is 3.19. The van der Waals surface area contributed by atoms with Crippen LogP contribution in [-0.4, -0.2) is 27.5 Å². The molecule has 0 saturated carbocycles. The molecule has 0 radical (unpaired) electrons. The van der Waals surface area contributed by atoms with Gasteiger partial charge in [-0.3, -0.25) is 0 Å². The molecule has 1 aromatic carbocycles. The van der Waals surface area contributed by atoms with Gasteiger partial charge < -0.3 is 10.1 Å². The summed E-state index contributed by atoms with van der Waals surface area (Å²) >= 11 is 5.98. The van der Waals surface area contributed by atoms with Crippen LogP contribution in [0.2, 0.25) is 5.02 Å². The van der Waals surface area contributed by atoms with Crippen LogP contribution < -0.4 is 5.32 Å². The fourth-order valence-corrected chi connectivity index (χ4v) is 2.37. The van der Waals surface area contributed by atoms with E-state index < -0.39 is 5.97 Å². The van der Waals surface area contributed by atoms with Crippen LogP contribution >= 0.6 is 11.6 Å². The average molecular weight is 355 g/mol. The van der Waals surface area contributed by atoms with E-state index in [1.807, 2.05) is 12.1 Å². The van der Waals surface area contributed by atoms with E-state index in [1.165, 1.54) is 0 Å². The Morgan fingerprint density at radius 2 is 2.00 bits per heavy atom. The highest BCUT2D eigenvalue weighted by molar-refractivity contribution is 6.30. The quantitative estimate of drug-likeness (QED) is 0.695. The van der Waals surface area contributed by atoms with E-state index in [4.69, 9.17) is 16.3 Å². The molecular weight excluding hydrogens is 340 g/mol. The molecule has 0 unspecified atom stereocenters. The second kappa shape index (κ2) is 7.72. The molecule has 0 aliphatic heterocycles. The summed E-state index contributed by atoms with van der Waals surface area (Å²) in [5.41, 5.74) is 2.43. The van der Waals surface area contributed by atoms with Gasteiger partial charge in [0.15, 0.2) is 0 Å². The Hall–Kier alpha value is -2.99. The number of carbonyl (C=O) groups is 1. The van der Waals surface area contributed by atoms with Gasteiger partial charge in [-0.05, 0) is 43.3 Å². The van der Waals surface area contributed by atoms with E-state index in [2.05, 4.69) is 20.3 Å². The maximum atomic E-state index is 11.8. The van der Waals surface area contributed by atoms with Crippen molar-refractivity contribution in [2.75, 3.05) is 11.9 Å². The largest absolute Gasteiger partial charge is 0.461 e. The number of nitrogens with one attached hydrogen (secondary N) is 1. The van der Waals surface area contributed by atoms with E-state index in [0.717, 1.165) is 11.3 Å². The smallest absolute Gasteiger partial charge is 0.356 e. The summed E-state index contributed by atoms with van der Waals surface area (Å²) in [5.74, 6) is -0.0371. The molecule has 3 rings (SSSR count). The van der Waals surface area contributed by atoms with Crippen LogP contribution in [0.3, 0.4) is 0 Å². The minimum absolute atomic E-state index is 0.238. The van der Waals surface area contributed by atoms with E-state index in [9.17, 15) is 4.79 Å². The zero-order valence-corrected chi connectivity index (χ0v) is 14.2. The van der Waals surface area contributed by atoms with Crippen molar-refractivity contribution < 1.29 is 9.53 Å². The van der Waals surface area contributed by atoms with Crippen molar-refractivity contribution >= 4 is 29.2 Å². The topological polar surface area (TPSA) is 77.0 Å². The lowest BCUT2D eigenvalue weighted by Crippen LogP contribution is -2.07. The molecule has 1 N–H and O–H groups in total. The highest BCUT2D eigenvalue weighted by Crippen LogP contribution is 2.21. The monoisotopic (exact) mass is 354 g/mol. The summed E-state index contributed by atoms with van der Waals surface area (Å²) in [4.78, 5) is 24.5. The lowest BCUT2D eigenvalue weighted by Gasteiger charge is -2.08. The third kappa shape index (κ3) is 4.30. The lowest BCUT2D eigenvalue weighted by molar-refractivity contribution is 0.0519. The molecule has 0 aliphatic carbocycles. The van der Waals surface area contributed by atoms with Crippen molar-refractivity contribution in [2.45, 2.75) is 6.92 Å². The first-order chi connectivity index (χ1) is 12.2. The number of aromatic nitrogens is 3. The van der Waals surface area contributed by atoms with Crippen LogP contribution in [0.4, 0.5) is 11.6 Å². The standard InChI is InChI=1S/C18H15ClN4O2/c1-2-25-17(24)16-10-12(6-8-20-16)15-7-9-21-18(23-15)22-14-5-3-4-13(19)11-14/h3-11H,2H2,1H3,(H,21,22,23). The molecule has 0 aliphatic rings. The number of ether oxygens (including phenoxy) is 1. The second-order valence-corrected chi connectivity index (χ2v) is 5.49. The number of anilines is 2. The van der Waals surface area contributed by atoms with Gasteiger partial charge in [0.05, 0.1) is 12.3 Å². The molecule has 25 heavy (non-hydrogen) atoms. The van der Waals surface area contributed by atoms with Crippen molar-refractivity contribution in [1.29, 1.82) is 0 Å². The first-order valence-electron chi connectivity index (χ1n) is 7.65.